The second kappa shape index (κ2) is 5.37. The number of hydrogen-bond donors (Lipinski definition) is 0. The molecule has 0 aliphatic carbocycles. The standard InChI is InChI=1S/C18H18N4/c1-13-2-4-14(5-3-13)10-15-11-22(12-15)17-7-6-16-18(21-17)20-9-8-19-16/h2-9,15H,10-12H2,1H3. The van der Waals surface area contributed by atoms with E-state index in [4.69, 9.17) is 0 Å². The summed E-state index contributed by atoms with van der Waals surface area (Å²) in [7, 11) is 0. The van der Waals surface area contributed by atoms with Gasteiger partial charge in [0.25, 0.3) is 0 Å². The average Bonchev–Trinajstić information content (AvgIpc) is 2.52. The maximum Gasteiger partial charge on any atom is 0.180 e. The van der Waals surface area contributed by atoms with Crippen molar-refractivity contribution in [1.82, 2.24) is 15.0 Å². The van der Waals surface area contributed by atoms with Crippen LogP contribution in [-0.4, -0.2) is 28.0 Å². The zero-order chi connectivity index (χ0) is 14.9. The number of fused-ring (bicyclic) bond motifs is 1. The molecule has 0 N–H and O–H groups in total. The summed E-state index contributed by atoms with van der Waals surface area (Å²) in [6.45, 7) is 4.25. The molecule has 110 valence electrons. The molecule has 4 heteroatoms. The zero-order valence-electron chi connectivity index (χ0n) is 12.6. The van der Waals surface area contributed by atoms with Crippen LogP contribution in [0.4, 0.5) is 5.82 Å². The van der Waals surface area contributed by atoms with Gasteiger partial charge in [-0.05, 0) is 37.0 Å². The van der Waals surface area contributed by atoms with Crippen LogP contribution in [0.2, 0.25) is 0 Å². The Balaban J connectivity index is 1.42. The Labute approximate surface area is 129 Å². The van der Waals surface area contributed by atoms with Crippen LogP contribution in [0.1, 0.15) is 11.1 Å². The molecule has 1 aliphatic rings. The summed E-state index contributed by atoms with van der Waals surface area (Å²) in [5, 5.41) is 0. The van der Waals surface area contributed by atoms with Crippen molar-refractivity contribution in [1.29, 1.82) is 0 Å². The van der Waals surface area contributed by atoms with Crippen LogP contribution in [-0.2, 0) is 6.42 Å². The number of nitrogens with zero attached hydrogens (tertiary/aromatic N) is 4. The highest BCUT2D eigenvalue weighted by Crippen LogP contribution is 2.26. The van der Waals surface area contributed by atoms with Gasteiger partial charge in [0.15, 0.2) is 5.65 Å². The highest BCUT2D eigenvalue weighted by atomic mass is 15.2. The summed E-state index contributed by atoms with van der Waals surface area (Å²) < 4.78 is 0. The Hall–Kier alpha value is -2.49. The van der Waals surface area contributed by atoms with Gasteiger partial charge in [0.05, 0.1) is 0 Å². The van der Waals surface area contributed by atoms with E-state index in [1.807, 2.05) is 12.1 Å². The quantitative estimate of drug-likeness (QED) is 0.743. The van der Waals surface area contributed by atoms with Gasteiger partial charge in [-0.25, -0.2) is 9.97 Å². The van der Waals surface area contributed by atoms with Crippen LogP contribution < -0.4 is 4.90 Å². The van der Waals surface area contributed by atoms with E-state index in [1.54, 1.807) is 12.4 Å². The van der Waals surface area contributed by atoms with Crippen LogP contribution >= 0.6 is 0 Å². The SMILES string of the molecule is Cc1ccc(CC2CN(c3ccc4nccnc4n3)C2)cc1. The summed E-state index contributed by atoms with van der Waals surface area (Å²) in [4.78, 5) is 15.5. The number of aromatic nitrogens is 3. The molecular weight excluding hydrogens is 272 g/mol. The fourth-order valence-electron chi connectivity index (χ4n) is 2.96. The van der Waals surface area contributed by atoms with Crippen molar-refractivity contribution < 1.29 is 0 Å². The van der Waals surface area contributed by atoms with Crippen molar-refractivity contribution in [3.63, 3.8) is 0 Å². The summed E-state index contributed by atoms with van der Waals surface area (Å²) in [5.41, 5.74) is 4.32. The van der Waals surface area contributed by atoms with E-state index in [-0.39, 0.29) is 0 Å². The number of anilines is 1. The molecule has 0 saturated carbocycles. The van der Waals surface area contributed by atoms with Crippen molar-refractivity contribution in [2.45, 2.75) is 13.3 Å². The highest BCUT2D eigenvalue weighted by Gasteiger charge is 2.27. The molecule has 3 heterocycles. The molecule has 0 radical (unpaired) electrons. The van der Waals surface area contributed by atoms with Gasteiger partial charge in [-0.2, -0.15) is 0 Å². The van der Waals surface area contributed by atoms with Gasteiger partial charge < -0.3 is 4.90 Å². The molecule has 0 unspecified atom stereocenters. The first-order valence-corrected chi connectivity index (χ1v) is 7.66. The second-order valence-corrected chi connectivity index (χ2v) is 6.03. The smallest absolute Gasteiger partial charge is 0.180 e. The van der Waals surface area contributed by atoms with Gasteiger partial charge in [0.2, 0.25) is 0 Å². The fraction of sp³-hybridized carbons (Fsp3) is 0.278. The number of aryl methyl sites for hydroxylation is 1. The minimum Gasteiger partial charge on any atom is -0.356 e. The number of pyridine rings is 1. The fourth-order valence-corrected chi connectivity index (χ4v) is 2.96. The van der Waals surface area contributed by atoms with Crippen LogP contribution in [0.3, 0.4) is 0 Å². The first-order chi connectivity index (χ1) is 10.8. The lowest BCUT2D eigenvalue weighted by molar-refractivity contribution is 0.405. The van der Waals surface area contributed by atoms with E-state index in [0.717, 1.165) is 36.5 Å². The minimum absolute atomic E-state index is 0.710. The Morgan fingerprint density at radius 2 is 1.77 bits per heavy atom. The average molecular weight is 290 g/mol. The molecule has 0 spiro atoms. The Morgan fingerprint density at radius 1 is 1.00 bits per heavy atom. The van der Waals surface area contributed by atoms with E-state index in [9.17, 15) is 0 Å². The molecule has 0 bridgehead atoms. The molecular formula is C18H18N4. The van der Waals surface area contributed by atoms with E-state index >= 15 is 0 Å². The highest BCUT2D eigenvalue weighted by molar-refractivity contribution is 5.71. The lowest BCUT2D eigenvalue weighted by atomic mass is 9.92. The monoisotopic (exact) mass is 290 g/mol. The van der Waals surface area contributed by atoms with Crippen molar-refractivity contribution in [2.75, 3.05) is 18.0 Å². The molecule has 1 aromatic carbocycles. The number of benzene rings is 1. The molecule has 0 amide bonds. The summed E-state index contributed by atoms with van der Waals surface area (Å²) in [6, 6.07) is 12.9. The van der Waals surface area contributed by atoms with Crippen LogP contribution in [0.15, 0.2) is 48.8 Å². The molecule has 22 heavy (non-hydrogen) atoms. The molecule has 1 fully saturated rings. The molecule has 2 aromatic heterocycles. The van der Waals surface area contributed by atoms with Gasteiger partial charge in [-0.1, -0.05) is 29.8 Å². The van der Waals surface area contributed by atoms with Crippen LogP contribution in [0.5, 0.6) is 0 Å². The third kappa shape index (κ3) is 2.52. The first-order valence-electron chi connectivity index (χ1n) is 7.66. The Bertz CT molecular complexity index is 792. The van der Waals surface area contributed by atoms with Gasteiger partial charge in [-0.3, -0.25) is 4.98 Å². The first kappa shape index (κ1) is 13.2. The second-order valence-electron chi connectivity index (χ2n) is 6.03. The van der Waals surface area contributed by atoms with E-state index < -0.39 is 0 Å². The van der Waals surface area contributed by atoms with Crippen molar-refractivity contribution in [2.24, 2.45) is 5.92 Å². The molecule has 0 atom stereocenters. The van der Waals surface area contributed by atoms with Gasteiger partial charge >= 0.3 is 0 Å². The molecule has 3 aromatic rings. The van der Waals surface area contributed by atoms with Crippen LogP contribution in [0, 0.1) is 12.8 Å². The van der Waals surface area contributed by atoms with Crippen molar-refractivity contribution in [3.05, 3.63) is 59.9 Å². The van der Waals surface area contributed by atoms with E-state index in [1.165, 1.54) is 11.1 Å². The zero-order valence-corrected chi connectivity index (χ0v) is 12.6. The summed E-state index contributed by atoms with van der Waals surface area (Å²) >= 11 is 0. The lowest BCUT2D eigenvalue weighted by Crippen LogP contribution is -2.48. The topological polar surface area (TPSA) is 41.9 Å². The number of hydrogen-bond acceptors (Lipinski definition) is 4. The summed E-state index contributed by atoms with van der Waals surface area (Å²) in [6.07, 6.45) is 4.53. The minimum atomic E-state index is 0.710. The third-order valence-corrected chi connectivity index (χ3v) is 4.24. The summed E-state index contributed by atoms with van der Waals surface area (Å²) in [5.74, 6) is 1.72. The number of rotatable bonds is 3. The largest absolute Gasteiger partial charge is 0.356 e. The van der Waals surface area contributed by atoms with Gasteiger partial charge in [-0.15, -0.1) is 0 Å². The van der Waals surface area contributed by atoms with Crippen molar-refractivity contribution in [3.8, 4) is 0 Å². The predicted octanol–water partition coefficient (Wildman–Crippen LogP) is 3.01. The molecule has 1 saturated heterocycles. The maximum absolute atomic E-state index is 4.60. The van der Waals surface area contributed by atoms with Crippen LogP contribution in [0.25, 0.3) is 11.2 Å². The van der Waals surface area contributed by atoms with Gasteiger partial charge in [0, 0.05) is 25.5 Å². The van der Waals surface area contributed by atoms with Crippen molar-refractivity contribution >= 4 is 17.0 Å². The Kier molecular flexibility index (Phi) is 3.22. The predicted molar refractivity (Wildman–Crippen MR) is 87.9 cm³/mol. The maximum atomic E-state index is 4.60. The van der Waals surface area contributed by atoms with Gasteiger partial charge in [0.1, 0.15) is 11.3 Å². The lowest BCUT2D eigenvalue weighted by Gasteiger charge is -2.40. The molecule has 4 nitrogen and oxygen atoms in total. The Morgan fingerprint density at radius 3 is 2.59 bits per heavy atom. The third-order valence-electron chi connectivity index (χ3n) is 4.24. The molecule has 1 aliphatic heterocycles. The van der Waals surface area contributed by atoms with E-state index in [2.05, 4.69) is 51.0 Å². The molecule has 4 rings (SSSR count). The normalized spacial score (nSPS) is 15.0. The van der Waals surface area contributed by atoms with E-state index in [0.29, 0.717) is 5.92 Å².